The molecule has 0 rings (SSSR count). The number of rotatable bonds is 10. The third-order valence-electron chi connectivity index (χ3n) is 2.80. The molecule has 0 spiro atoms. The Bertz CT molecular complexity index is 259. The van der Waals surface area contributed by atoms with Gasteiger partial charge in [-0.15, -0.1) is 0 Å². The van der Waals surface area contributed by atoms with Crippen molar-refractivity contribution in [3.63, 3.8) is 0 Å². The van der Waals surface area contributed by atoms with Crippen molar-refractivity contribution in [2.45, 2.75) is 46.3 Å². The van der Waals surface area contributed by atoms with E-state index in [4.69, 9.17) is 9.47 Å². The van der Waals surface area contributed by atoms with Crippen molar-refractivity contribution in [1.82, 2.24) is 10.2 Å². The first-order chi connectivity index (χ1) is 8.85. The van der Waals surface area contributed by atoms with E-state index in [2.05, 4.69) is 10.2 Å². The highest BCUT2D eigenvalue weighted by molar-refractivity contribution is 5.80. The molecule has 5 heteroatoms. The Labute approximate surface area is 117 Å². The maximum absolute atomic E-state index is 12.0. The van der Waals surface area contributed by atoms with Crippen LogP contribution in [-0.4, -0.2) is 62.4 Å². The molecule has 0 saturated heterocycles. The molecule has 1 N–H and O–H groups in total. The molecule has 0 aliphatic carbocycles. The third kappa shape index (κ3) is 7.50. The van der Waals surface area contributed by atoms with Crippen LogP contribution in [0.5, 0.6) is 0 Å². The van der Waals surface area contributed by atoms with Gasteiger partial charge in [-0.25, -0.2) is 0 Å². The minimum absolute atomic E-state index is 0.200. The fraction of sp³-hybridized carbons (Fsp3) is 0.929. The first kappa shape index (κ1) is 18.4. The van der Waals surface area contributed by atoms with Crippen LogP contribution in [0, 0.1) is 0 Å². The predicted octanol–water partition coefficient (Wildman–Crippen LogP) is 1.27. The van der Waals surface area contributed by atoms with E-state index in [0.29, 0.717) is 19.8 Å². The molecule has 1 unspecified atom stereocenters. The second-order valence-corrected chi connectivity index (χ2v) is 5.24. The fourth-order valence-corrected chi connectivity index (χ4v) is 1.94. The lowest BCUT2D eigenvalue weighted by Gasteiger charge is -2.32. The molecule has 5 nitrogen and oxygen atoms in total. The number of ether oxygens (including phenoxy) is 2. The maximum Gasteiger partial charge on any atom is 0.327 e. The molecular weight excluding hydrogens is 244 g/mol. The topological polar surface area (TPSA) is 50.8 Å². The summed E-state index contributed by atoms with van der Waals surface area (Å²) in [7, 11) is 1.98. The van der Waals surface area contributed by atoms with Gasteiger partial charge in [0.05, 0.1) is 19.3 Å². The van der Waals surface area contributed by atoms with Gasteiger partial charge in [-0.05, 0) is 41.3 Å². The third-order valence-corrected chi connectivity index (χ3v) is 2.80. The lowest BCUT2D eigenvalue weighted by atomic mass is 10.0. The van der Waals surface area contributed by atoms with Gasteiger partial charge in [0.1, 0.15) is 5.54 Å². The van der Waals surface area contributed by atoms with Gasteiger partial charge >= 0.3 is 5.97 Å². The molecule has 0 saturated carbocycles. The maximum atomic E-state index is 12.0. The van der Waals surface area contributed by atoms with E-state index in [0.717, 1.165) is 13.1 Å². The molecule has 114 valence electrons. The van der Waals surface area contributed by atoms with Gasteiger partial charge in [-0.2, -0.15) is 0 Å². The van der Waals surface area contributed by atoms with Gasteiger partial charge in [0.25, 0.3) is 0 Å². The molecule has 0 aromatic rings. The molecule has 0 heterocycles. The van der Waals surface area contributed by atoms with E-state index in [1.165, 1.54) is 0 Å². The number of hydrogen-bond donors (Lipinski definition) is 1. The van der Waals surface area contributed by atoms with E-state index in [1.54, 1.807) is 0 Å². The lowest BCUT2D eigenvalue weighted by Crippen LogP contribution is -2.57. The van der Waals surface area contributed by atoms with Gasteiger partial charge < -0.3 is 19.7 Å². The number of carbonyl (C=O) groups is 1. The summed E-state index contributed by atoms with van der Waals surface area (Å²) in [6, 6.07) is 0. The summed E-state index contributed by atoms with van der Waals surface area (Å²) >= 11 is 0. The van der Waals surface area contributed by atoms with Gasteiger partial charge in [0, 0.05) is 13.1 Å². The first-order valence-electron chi connectivity index (χ1n) is 7.08. The molecule has 0 aliphatic rings. The Kier molecular flexibility index (Phi) is 8.97. The number of carbonyl (C=O) groups excluding carboxylic acids is 1. The first-order valence-corrected chi connectivity index (χ1v) is 7.08. The van der Waals surface area contributed by atoms with Crippen molar-refractivity contribution in [2.75, 3.05) is 39.9 Å². The van der Waals surface area contributed by atoms with E-state index < -0.39 is 5.54 Å². The number of nitrogens with zero attached hydrogens (tertiary/aromatic N) is 1. The van der Waals surface area contributed by atoms with Crippen LogP contribution in [-0.2, 0) is 14.3 Å². The normalized spacial score (nSPS) is 14.7. The van der Waals surface area contributed by atoms with E-state index in [9.17, 15) is 4.79 Å². The largest absolute Gasteiger partial charge is 0.465 e. The van der Waals surface area contributed by atoms with Crippen LogP contribution in [0.2, 0.25) is 0 Å². The minimum Gasteiger partial charge on any atom is -0.465 e. The summed E-state index contributed by atoms with van der Waals surface area (Å²) in [5, 5.41) is 3.22. The molecule has 0 aliphatic heterocycles. The lowest BCUT2D eigenvalue weighted by molar-refractivity contribution is -0.151. The zero-order valence-corrected chi connectivity index (χ0v) is 13.3. The fourth-order valence-electron chi connectivity index (χ4n) is 1.94. The number of likely N-dealkylation sites (N-methyl/N-ethyl adjacent to an activating group) is 2. The molecular formula is C14H30N2O3. The summed E-state index contributed by atoms with van der Waals surface area (Å²) in [4.78, 5) is 14.1. The van der Waals surface area contributed by atoms with Crippen molar-refractivity contribution < 1.29 is 14.3 Å². The molecule has 0 amide bonds. The molecule has 0 fully saturated rings. The monoisotopic (exact) mass is 274 g/mol. The standard InChI is InChI=1S/C14H30N2O3/c1-7-15-14(5,13(17)18-8-2)11-16(6)9-10-19-12(3)4/h12,15H,7-11H2,1-6H3. The zero-order chi connectivity index (χ0) is 14.9. The van der Waals surface area contributed by atoms with Crippen LogP contribution >= 0.6 is 0 Å². The predicted molar refractivity (Wildman–Crippen MR) is 77.3 cm³/mol. The van der Waals surface area contributed by atoms with Crippen LogP contribution in [0.3, 0.4) is 0 Å². The molecule has 0 bridgehead atoms. The highest BCUT2D eigenvalue weighted by Crippen LogP contribution is 2.09. The summed E-state index contributed by atoms with van der Waals surface area (Å²) < 4.78 is 10.7. The van der Waals surface area contributed by atoms with Gasteiger partial charge in [-0.1, -0.05) is 6.92 Å². The Balaban J connectivity index is 4.35. The minimum atomic E-state index is -0.669. The van der Waals surface area contributed by atoms with E-state index >= 15 is 0 Å². The van der Waals surface area contributed by atoms with Crippen LogP contribution in [0.25, 0.3) is 0 Å². The number of nitrogens with one attached hydrogen (secondary N) is 1. The van der Waals surface area contributed by atoms with Crippen molar-refractivity contribution in [3.8, 4) is 0 Å². The van der Waals surface area contributed by atoms with E-state index in [-0.39, 0.29) is 12.1 Å². The van der Waals surface area contributed by atoms with Crippen molar-refractivity contribution in [1.29, 1.82) is 0 Å². The highest BCUT2D eigenvalue weighted by atomic mass is 16.5. The molecule has 0 radical (unpaired) electrons. The summed E-state index contributed by atoms with van der Waals surface area (Å²) in [5.41, 5.74) is -0.669. The highest BCUT2D eigenvalue weighted by Gasteiger charge is 2.34. The Morgan fingerprint density at radius 2 is 2.00 bits per heavy atom. The van der Waals surface area contributed by atoms with Crippen LogP contribution in [0.15, 0.2) is 0 Å². The second kappa shape index (κ2) is 9.28. The molecule has 1 atom stereocenters. The Morgan fingerprint density at radius 3 is 2.47 bits per heavy atom. The van der Waals surface area contributed by atoms with Crippen molar-refractivity contribution in [2.24, 2.45) is 0 Å². The van der Waals surface area contributed by atoms with Crippen LogP contribution in [0.1, 0.15) is 34.6 Å². The summed E-state index contributed by atoms with van der Waals surface area (Å²) in [6.45, 7) is 12.9. The zero-order valence-electron chi connectivity index (χ0n) is 13.3. The average Bonchev–Trinajstić information content (AvgIpc) is 2.28. The summed E-state index contributed by atoms with van der Waals surface area (Å²) in [6.07, 6.45) is 0.235. The smallest absolute Gasteiger partial charge is 0.327 e. The molecule has 19 heavy (non-hydrogen) atoms. The Hall–Kier alpha value is -0.650. The van der Waals surface area contributed by atoms with E-state index in [1.807, 2.05) is 41.7 Å². The second-order valence-electron chi connectivity index (χ2n) is 5.24. The van der Waals surface area contributed by atoms with Crippen molar-refractivity contribution >= 4 is 5.97 Å². The van der Waals surface area contributed by atoms with Gasteiger partial charge in [-0.3, -0.25) is 4.79 Å². The summed E-state index contributed by atoms with van der Waals surface area (Å²) in [5.74, 6) is -0.200. The quantitative estimate of drug-likeness (QED) is 0.608. The van der Waals surface area contributed by atoms with Crippen LogP contribution < -0.4 is 5.32 Å². The SMILES string of the molecule is CCNC(C)(CN(C)CCOC(C)C)C(=O)OCC. The van der Waals surface area contributed by atoms with Gasteiger partial charge in [0.15, 0.2) is 0 Å². The number of hydrogen-bond acceptors (Lipinski definition) is 5. The molecule has 0 aromatic heterocycles. The van der Waals surface area contributed by atoms with Gasteiger partial charge in [0.2, 0.25) is 0 Å². The van der Waals surface area contributed by atoms with Crippen LogP contribution in [0.4, 0.5) is 0 Å². The average molecular weight is 274 g/mol. The number of esters is 1. The van der Waals surface area contributed by atoms with Crippen molar-refractivity contribution in [3.05, 3.63) is 0 Å². The Morgan fingerprint density at radius 1 is 1.37 bits per heavy atom. The molecule has 0 aromatic carbocycles.